The van der Waals surface area contributed by atoms with Gasteiger partial charge in [-0.1, -0.05) is 17.3 Å². The van der Waals surface area contributed by atoms with E-state index in [2.05, 4.69) is 15.2 Å². The molecular formula is C18H13F3N2O4. The van der Waals surface area contributed by atoms with Gasteiger partial charge in [-0.05, 0) is 18.2 Å². The maximum absolute atomic E-state index is 13.9. The summed E-state index contributed by atoms with van der Waals surface area (Å²) in [5, 5.41) is 5.97. The standard InChI is InChI=1S/C18H13F3N2O4/c1-26-18(25)11-6-15(13(21)7-12(11)20)22-17(24)16-8-14(23-27-16)9-3-2-4-10(19)5-9/h2-7,16H,8H2,1H3,(H,22,24)/t16-/m1/s1. The quantitative estimate of drug-likeness (QED) is 0.830. The van der Waals surface area contributed by atoms with Crippen molar-refractivity contribution in [3.05, 3.63) is 65.0 Å². The number of nitrogens with zero attached hydrogens (tertiary/aromatic N) is 1. The predicted octanol–water partition coefficient (Wildman–Crippen LogP) is 3.02. The number of hydrogen-bond acceptors (Lipinski definition) is 5. The van der Waals surface area contributed by atoms with E-state index in [1.807, 2.05) is 0 Å². The molecule has 3 rings (SSSR count). The summed E-state index contributed by atoms with van der Waals surface area (Å²) in [5.41, 5.74) is -0.140. The van der Waals surface area contributed by atoms with Crippen molar-refractivity contribution in [1.29, 1.82) is 0 Å². The summed E-state index contributed by atoms with van der Waals surface area (Å²) >= 11 is 0. The molecule has 0 fully saturated rings. The smallest absolute Gasteiger partial charge is 0.340 e. The number of ether oxygens (including phenoxy) is 1. The van der Waals surface area contributed by atoms with Crippen LogP contribution in [0.3, 0.4) is 0 Å². The maximum atomic E-state index is 13.9. The van der Waals surface area contributed by atoms with Crippen molar-refractivity contribution in [3.8, 4) is 0 Å². The van der Waals surface area contributed by atoms with Crippen molar-refractivity contribution < 1.29 is 32.3 Å². The van der Waals surface area contributed by atoms with Crippen LogP contribution < -0.4 is 5.32 Å². The highest BCUT2D eigenvalue weighted by Crippen LogP contribution is 2.23. The molecule has 27 heavy (non-hydrogen) atoms. The lowest BCUT2D eigenvalue weighted by Crippen LogP contribution is -2.28. The number of amides is 1. The molecule has 0 saturated heterocycles. The van der Waals surface area contributed by atoms with Crippen LogP contribution in [-0.2, 0) is 14.4 Å². The molecule has 0 spiro atoms. The molecule has 1 aliphatic heterocycles. The third-order valence-corrected chi connectivity index (χ3v) is 3.84. The van der Waals surface area contributed by atoms with Crippen LogP contribution in [0.5, 0.6) is 0 Å². The zero-order valence-electron chi connectivity index (χ0n) is 14.0. The lowest BCUT2D eigenvalue weighted by molar-refractivity contribution is -0.125. The van der Waals surface area contributed by atoms with Crippen molar-refractivity contribution in [1.82, 2.24) is 0 Å². The van der Waals surface area contributed by atoms with Gasteiger partial charge in [0.2, 0.25) is 6.10 Å². The van der Waals surface area contributed by atoms with Crippen LogP contribution in [0.2, 0.25) is 0 Å². The molecule has 1 amide bonds. The number of nitrogens with one attached hydrogen (secondary N) is 1. The van der Waals surface area contributed by atoms with E-state index in [1.54, 1.807) is 6.07 Å². The van der Waals surface area contributed by atoms with Gasteiger partial charge in [0.05, 0.1) is 24.1 Å². The van der Waals surface area contributed by atoms with Gasteiger partial charge < -0.3 is 14.9 Å². The van der Waals surface area contributed by atoms with E-state index in [0.29, 0.717) is 17.3 Å². The Hall–Kier alpha value is -3.36. The van der Waals surface area contributed by atoms with Crippen LogP contribution in [0.15, 0.2) is 41.6 Å². The van der Waals surface area contributed by atoms with Gasteiger partial charge in [-0.15, -0.1) is 0 Å². The lowest BCUT2D eigenvalue weighted by atomic mass is 10.0. The summed E-state index contributed by atoms with van der Waals surface area (Å²) in [6.07, 6.45) is -1.06. The van der Waals surface area contributed by atoms with E-state index in [1.165, 1.54) is 18.2 Å². The minimum Gasteiger partial charge on any atom is -0.465 e. The third kappa shape index (κ3) is 3.91. The molecule has 1 atom stereocenters. The fourth-order valence-electron chi connectivity index (χ4n) is 2.48. The molecule has 2 aromatic carbocycles. The summed E-state index contributed by atoms with van der Waals surface area (Å²) in [6, 6.07) is 6.89. The van der Waals surface area contributed by atoms with Crippen LogP contribution in [0.25, 0.3) is 0 Å². The normalized spacial score (nSPS) is 15.7. The number of rotatable bonds is 4. The fourth-order valence-corrected chi connectivity index (χ4v) is 2.48. The molecule has 0 bridgehead atoms. The lowest BCUT2D eigenvalue weighted by Gasteiger charge is -2.11. The molecule has 0 aromatic heterocycles. The Bertz CT molecular complexity index is 946. The van der Waals surface area contributed by atoms with E-state index in [9.17, 15) is 22.8 Å². The minimum atomic E-state index is -1.12. The molecule has 140 valence electrons. The highest BCUT2D eigenvalue weighted by Gasteiger charge is 2.30. The number of methoxy groups -OCH3 is 1. The molecule has 6 nitrogen and oxygen atoms in total. The van der Waals surface area contributed by atoms with Gasteiger partial charge in [0, 0.05) is 18.1 Å². The van der Waals surface area contributed by atoms with Crippen LogP contribution in [0.1, 0.15) is 22.3 Å². The van der Waals surface area contributed by atoms with E-state index in [4.69, 9.17) is 4.84 Å². The zero-order valence-corrected chi connectivity index (χ0v) is 14.0. The average Bonchev–Trinajstić information content (AvgIpc) is 3.13. The second-order valence-electron chi connectivity index (χ2n) is 5.64. The molecule has 0 radical (unpaired) electrons. The third-order valence-electron chi connectivity index (χ3n) is 3.84. The number of carbonyl (C=O) groups excluding carboxylic acids is 2. The van der Waals surface area contributed by atoms with Crippen molar-refractivity contribution in [2.24, 2.45) is 5.16 Å². The molecule has 0 saturated carbocycles. The highest BCUT2D eigenvalue weighted by molar-refractivity contribution is 6.06. The first-order valence-electron chi connectivity index (χ1n) is 7.76. The van der Waals surface area contributed by atoms with Crippen molar-refractivity contribution in [2.45, 2.75) is 12.5 Å². The van der Waals surface area contributed by atoms with Gasteiger partial charge in [0.1, 0.15) is 17.5 Å². The van der Waals surface area contributed by atoms with Crippen molar-refractivity contribution in [2.75, 3.05) is 12.4 Å². The molecule has 0 unspecified atom stereocenters. The van der Waals surface area contributed by atoms with E-state index < -0.39 is 46.7 Å². The summed E-state index contributed by atoms with van der Waals surface area (Å²) < 4.78 is 45.3. The van der Waals surface area contributed by atoms with Gasteiger partial charge in [-0.2, -0.15) is 0 Å². The molecule has 0 aliphatic carbocycles. The first-order chi connectivity index (χ1) is 12.9. The highest BCUT2D eigenvalue weighted by atomic mass is 19.1. The average molecular weight is 378 g/mol. The van der Waals surface area contributed by atoms with Gasteiger partial charge in [-0.3, -0.25) is 4.79 Å². The number of benzene rings is 2. The second kappa shape index (κ2) is 7.48. The first-order valence-corrected chi connectivity index (χ1v) is 7.76. The number of carbonyl (C=O) groups is 2. The Kier molecular flexibility index (Phi) is 5.11. The van der Waals surface area contributed by atoms with Gasteiger partial charge in [0.15, 0.2) is 0 Å². The van der Waals surface area contributed by atoms with Crippen LogP contribution in [-0.4, -0.2) is 30.8 Å². The van der Waals surface area contributed by atoms with Crippen LogP contribution in [0.4, 0.5) is 18.9 Å². The Morgan fingerprint density at radius 2 is 1.96 bits per heavy atom. The molecule has 9 heteroatoms. The SMILES string of the molecule is COC(=O)c1cc(NC(=O)[C@H]2CC(c3cccc(F)c3)=NO2)c(F)cc1F. The fraction of sp³-hybridized carbons (Fsp3) is 0.167. The van der Waals surface area contributed by atoms with E-state index in [0.717, 1.165) is 13.2 Å². The van der Waals surface area contributed by atoms with Crippen LogP contribution >= 0.6 is 0 Å². The number of anilines is 1. The predicted molar refractivity (Wildman–Crippen MR) is 88.8 cm³/mol. The summed E-state index contributed by atoms with van der Waals surface area (Å²) in [6.45, 7) is 0. The Balaban J connectivity index is 1.73. The summed E-state index contributed by atoms with van der Waals surface area (Å²) in [4.78, 5) is 28.8. The topological polar surface area (TPSA) is 77.0 Å². The van der Waals surface area contributed by atoms with Crippen molar-refractivity contribution >= 4 is 23.3 Å². The maximum Gasteiger partial charge on any atom is 0.340 e. The molecule has 1 heterocycles. The number of esters is 1. The Morgan fingerprint density at radius 3 is 2.67 bits per heavy atom. The van der Waals surface area contributed by atoms with Gasteiger partial charge in [0.25, 0.3) is 5.91 Å². The molecule has 1 aliphatic rings. The van der Waals surface area contributed by atoms with Crippen LogP contribution in [0, 0.1) is 17.5 Å². The Labute approximate surface area is 151 Å². The molecule has 1 N–H and O–H groups in total. The zero-order chi connectivity index (χ0) is 19.6. The number of oxime groups is 1. The molecule has 2 aromatic rings. The van der Waals surface area contributed by atoms with Gasteiger partial charge >= 0.3 is 5.97 Å². The van der Waals surface area contributed by atoms with Crippen molar-refractivity contribution in [3.63, 3.8) is 0 Å². The van der Waals surface area contributed by atoms with E-state index in [-0.39, 0.29) is 6.42 Å². The number of hydrogen-bond donors (Lipinski definition) is 1. The summed E-state index contributed by atoms with van der Waals surface area (Å²) in [5.74, 6) is -4.43. The van der Waals surface area contributed by atoms with Gasteiger partial charge in [-0.25, -0.2) is 18.0 Å². The second-order valence-corrected chi connectivity index (χ2v) is 5.64. The Morgan fingerprint density at radius 1 is 1.19 bits per heavy atom. The number of halogens is 3. The molecular weight excluding hydrogens is 365 g/mol. The monoisotopic (exact) mass is 378 g/mol. The minimum absolute atomic E-state index is 0.0297. The first kappa shape index (κ1) is 18.4. The van der Waals surface area contributed by atoms with E-state index >= 15 is 0 Å². The summed E-state index contributed by atoms with van der Waals surface area (Å²) in [7, 11) is 1.04. The largest absolute Gasteiger partial charge is 0.465 e.